The van der Waals surface area contributed by atoms with Gasteiger partial charge in [0.2, 0.25) is 0 Å². The molecule has 0 amide bonds. The van der Waals surface area contributed by atoms with E-state index in [9.17, 15) is 9.59 Å². The van der Waals surface area contributed by atoms with Crippen molar-refractivity contribution in [3.8, 4) is 0 Å². The number of carbonyl (C=O) groups excluding carboxylic acids is 1. The van der Waals surface area contributed by atoms with Crippen LogP contribution in [0.25, 0.3) is 0 Å². The van der Waals surface area contributed by atoms with E-state index in [2.05, 4.69) is 0 Å². The number of esters is 1. The van der Waals surface area contributed by atoms with Crippen LogP contribution in [-0.4, -0.2) is 71.6 Å². The molecule has 0 aromatic heterocycles. The average Bonchev–Trinajstić information content (AvgIpc) is 2.50. The molecule has 0 aliphatic rings. The van der Waals surface area contributed by atoms with Crippen molar-refractivity contribution < 1.29 is 29.6 Å². The molecule has 0 aromatic carbocycles. The standard InChI is InChI=1S/C16H31NO6/c18-12-9-17(10-13-19)11-14-23-16(22)8-6-4-2-1-3-5-7-15(20)21/h18-19H,1-14H2,(H,20,21). The second-order valence-electron chi connectivity index (χ2n) is 5.52. The number of rotatable bonds is 16. The highest BCUT2D eigenvalue weighted by molar-refractivity contribution is 5.69. The van der Waals surface area contributed by atoms with Crippen molar-refractivity contribution in [2.75, 3.05) is 39.5 Å². The molecule has 7 nitrogen and oxygen atoms in total. The van der Waals surface area contributed by atoms with Gasteiger partial charge in [-0.3, -0.25) is 14.5 Å². The highest BCUT2D eigenvalue weighted by atomic mass is 16.5. The molecule has 0 aliphatic carbocycles. The lowest BCUT2D eigenvalue weighted by Crippen LogP contribution is -2.33. The zero-order chi connectivity index (χ0) is 17.3. The van der Waals surface area contributed by atoms with Crippen LogP contribution in [0.15, 0.2) is 0 Å². The van der Waals surface area contributed by atoms with Gasteiger partial charge < -0.3 is 20.1 Å². The molecule has 0 saturated carbocycles. The molecule has 0 radical (unpaired) electrons. The van der Waals surface area contributed by atoms with Gasteiger partial charge in [0.15, 0.2) is 0 Å². The minimum Gasteiger partial charge on any atom is -0.481 e. The summed E-state index contributed by atoms with van der Waals surface area (Å²) in [5.41, 5.74) is 0. The largest absolute Gasteiger partial charge is 0.481 e. The summed E-state index contributed by atoms with van der Waals surface area (Å²) in [6, 6.07) is 0. The molecule has 0 bridgehead atoms. The number of unbranched alkanes of at least 4 members (excludes halogenated alkanes) is 5. The summed E-state index contributed by atoms with van der Waals surface area (Å²) in [4.78, 5) is 23.7. The number of aliphatic hydroxyl groups is 2. The second-order valence-corrected chi connectivity index (χ2v) is 5.52. The fraction of sp³-hybridized carbons (Fsp3) is 0.875. The Bertz CT molecular complexity index is 305. The van der Waals surface area contributed by atoms with Gasteiger partial charge in [-0.1, -0.05) is 25.7 Å². The fourth-order valence-corrected chi connectivity index (χ4v) is 2.23. The normalized spacial score (nSPS) is 10.9. The minimum absolute atomic E-state index is 0.0143. The first kappa shape index (κ1) is 21.8. The van der Waals surface area contributed by atoms with Crippen molar-refractivity contribution in [1.29, 1.82) is 0 Å². The topological polar surface area (TPSA) is 107 Å². The van der Waals surface area contributed by atoms with Gasteiger partial charge in [0.25, 0.3) is 0 Å². The van der Waals surface area contributed by atoms with E-state index in [1.165, 1.54) is 0 Å². The number of ether oxygens (including phenoxy) is 1. The molecule has 7 heteroatoms. The lowest BCUT2D eigenvalue weighted by Gasteiger charge is -2.19. The van der Waals surface area contributed by atoms with E-state index >= 15 is 0 Å². The molecule has 0 heterocycles. The average molecular weight is 333 g/mol. The maximum atomic E-state index is 11.5. The number of carboxylic acids is 1. The fourth-order valence-electron chi connectivity index (χ4n) is 2.23. The molecule has 3 N–H and O–H groups in total. The van der Waals surface area contributed by atoms with Crippen LogP contribution in [0.3, 0.4) is 0 Å². The number of hydrogen-bond acceptors (Lipinski definition) is 6. The van der Waals surface area contributed by atoms with Crippen LogP contribution in [0.2, 0.25) is 0 Å². The first-order valence-corrected chi connectivity index (χ1v) is 8.41. The van der Waals surface area contributed by atoms with Gasteiger partial charge >= 0.3 is 11.9 Å². The van der Waals surface area contributed by atoms with E-state index in [4.69, 9.17) is 20.1 Å². The van der Waals surface area contributed by atoms with Crippen LogP contribution in [0.5, 0.6) is 0 Å². The van der Waals surface area contributed by atoms with Gasteiger partial charge in [0, 0.05) is 32.5 Å². The quantitative estimate of drug-likeness (QED) is 0.286. The lowest BCUT2D eigenvalue weighted by atomic mass is 10.1. The third-order valence-corrected chi connectivity index (χ3v) is 3.52. The van der Waals surface area contributed by atoms with Crippen LogP contribution < -0.4 is 0 Å². The number of carboxylic acid groups (broad SMARTS) is 1. The first-order chi connectivity index (χ1) is 11.1. The molecule has 0 saturated heterocycles. The zero-order valence-corrected chi connectivity index (χ0v) is 13.9. The zero-order valence-electron chi connectivity index (χ0n) is 13.9. The molecule has 0 aromatic rings. The molecular weight excluding hydrogens is 302 g/mol. The molecule has 0 atom stereocenters. The van der Waals surface area contributed by atoms with Gasteiger partial charge in [-0.05, 0) is 12.8 Å². The van der Waals surface area contributed by atoms with Crippen molar-refractivity contribution in [3.05, 3.63) is 0 Å². The minimum atomic E-state index is -0.746. The predicted molar refractivity (Wildman–Crippen MR) is 86.1 cm³/mol. The summed E-state index contributed by atoms with van der Waals surface area (Å²) in [7, 11) is 0. The second kappa shape index (κ2) is 15.7. The summed E-state index contributed by atoms with van der Waals surface area (Å²) < 4.78 is 5.13. The summed E-state index contributed by atoms with van der Waals surface area (Å²) in [5.74, 6) is -0.965. The van der Waals surface area contributed by atoms with Crippen molar-refractivity contribution >= 4 is 11.9 Å². The smallest absolute Gasteiger partial charge is 0.305 e. The van der Waals surface area contributed by atoms with Crippen LogP contribution in [0, 0.1) is 0 Å². The van der Waals surface area contributed by atoms with Crippen molar-refractivity contribution in [2.45, 2.75) is 51.4 Å². The Morgan fingerprint density at radius 2 is 1.30 bits per heavy atom. The Hall–Kier alpha value is -1.18. The number of aliphatic hydroxyl groups excluding tert-OH is 2. The lowest BCUT2D eigenvalue weighted by molar-refractivity contribution is -0.144. The third kappa shape index (κ3) is 15.5. The summed E-state index contributed by atoms with van der Waals surface area (Å²) in [6.45, 7) is 1.73. The Balaban J connectivity index is 3.44. The van der Waals surface area contributed by atoms with Crippen molar-refractivity contribution in [3.63, 3.8) is 0 Å². The number of nitrogens with zero attached hydrogens (tertiary/aromatic N) is 1. The van der Waals surface area contributed by atoms with Gasteiger partial charge in [-0.25, -0.2) is 0 Å². The van der Waals surface area contributed by atoms with Crippen LogP contribution in [0.4, 0.5) is 0 Å². The Labute approximate surface area is 138 Å². The summed E-state index contributed by atoms with van der Waals surface area (Å²) in [5, 5.41) is 26.2. The highest BCUT2D eigenvalue weighted by Gasteiger charge is 2.06. The van der Waals surface area contributed by atoms with Crippen molar-refractivity contribution in [2.24, 2.45) is 0 Å². The van der Waals surface area contributed by atoms with E-state index in [1.807, 2.05) is 4.90 Å². The SMILES string of the molecule is O=C(O)CCCCCCCCC(=O)OCCN(CCO)CCO. The van der Waals surface area contributed by atoms with Crippen molar-refractivity contribution in [1.82, 2.24) is 4.90 Å². The van der Waals surface area contributed by atoms with Gasteiger partial charge in [0.05, 0.1) is 13.2 Å². The van der Waals surface area contributed by atoms with E-state index in [0.29, 0.717) is 26.1 Å². The number of carbonyl (C=O) groups is 2. The molecular formula is C16H31NO6. The summed E-state index contributed by atoms with van der Waals surface area (Å²) in [6.07, 6.45) is 6.01. The van der Waals surface area contributed by atoms with E-state index in [1.54, 1.807) is 0 Å². The van der Waals surface area contributed by atoms with Crippen LogP contribution in [0.1, 0.15) is 51.4 Å². The van der Waals surface area contributed by atoms with Crippen LogP contribution >= 0.6 is 0 Å². The van der Waals surface area contributed by atoms with E-state index in [0.717, 1.165) is 38.5 Å². The molecule has 0 aliphatic heterocycles. The maximum Gasteiger partial charge on any atom is 0.305 e. The molecule has 0 unspecified atom stereocenters. The monoisotopic (exact) mass is 333 g/mol. The Morgan fingerprint density at radius 3 is 1.83 bits per heavy atom. The maximum absolute atomic E-state index is 11.5. The molecule has 23 heavy (non-hydrogen) atoms. The summed E-state index contributed by atoms with van der Waals surface area (Å²) >= 11 is 0. The Morgan fingerprint density at radius 1 is 0.783 bits per heavy atom. The highest BCUT2D eigenvalue weighted by Crippen LogP contribution is 2.09. The molecule has 0 spiro atoms. The Kier molecular flexibility index (Phi) is 14.9. The first-order valence-electron chi connectivity index (χ1n) is 8.41. The van der Waals surface area contributed by atoms with E-state index in [-0.39, 0.29) is 32.2 Å². The predicted octanol–water partition coefficient (Wildman–Crippen LogP) is 1.02. The molecule has 136 valence electrons. The molecule has 0 fully saturated rings. The van der Waals surface area contributed by atoms with Crippen LogP contribution in [-0.2, 0) is 14.3 Å². The molecule has 0 rings (SSSR count). The van der Waals surface area contributed by atoms with E-state index < -0.39 is 5.97 Å². The van der Waals surface area contributed by atoms with Gasteiger partial charge in [-0.2, -0.15) is 0 Å². The van der Waals surface area contributed by atoms with Gasteiger partial charge in [0.1, 0.15) is 6.61 Å². The van der Waals surface area contributed by atoms with Gasteiger partial charge in [-0.15, -0.1) is 0 Å². The number of hydrogen-bond donors (Lipinski definition) is 3. The third-order valence-electron chi connectivity index (χ3n) is 3.52. The number of aliphatic carboxylic acids is 1.